The number of rotatable bonds is 3. The molecule has 0 atom stereocenters. The third kappa shape index (κ3) is 3.99. The van der Waals surface area contributed by atoms with Gasteiger partial charge < -0.3 is 21.4 Å². The van der Waals surface area contributed by atoms with E-state index in [2.05, 4.69) is 30.6 Å². The van der Waals surface area contributed by atoms with Gasteiger partial charge in [0.2, 0.25) is 5.95 Å². The topological polar surface area (TPSA) is 122 Å². The molecule has 0 unspecified atom stereocenters. The van der Waals surface area contributed by atoms with Crippen LogP contribution in [-0.4, -0.2) is 26.0 Å². The van der Waals surface area contributed by atoms with Crippen LogP contribution in [0, 0.1) is 0 Å². The van der Waals surface area contributed by atoms with Gasteiger partial charge in [0.1, 0.15) is 5.65 Å². The first kappa shape index (κ1) is 19.2. The third-order valence-electron chi connectivity index (χ3n) is 4.25. The first-order valence-electron chi connectivity index (χ1n) is 8.60. The molecule has 0 aliphatic rings. The fourth-order valence-corrected chi connectivity index (χ4v) is 2.78. The maximum Gasteiger partial charge on any atom is 0.416 e. The number of hydrogen-bond acceptors (Lipinski definition) is 5. The first-order valence-corrected chi connectivity index (χ1v) is 8.60. The summed E-state index contributed by atoms with van der Waals surface area (Å²) in [6.45, 7) is 0. The second-order valence-electron chi connectivity index (χ2n) is 6.31. The smallest absolute Gasteiger partial charge is 0.368 e. The molecule has 0 radical (unpaired) electrons. The average molecular weight is 413 g/mol. The zero-order chi connectivity index (χ0) is 21.3. The Morgan fingerprint density at radius 2 is 1.63 bits per heavy atom. The lowest BCUT2D eigenvalue weighted by atomic mass is 10.1. The molecule has 3 aromatic heterocycles. The highest BCUT2D eigenvalue weighted by atomic mass is 19.4. The van der Waals surface area contributed by atoms with Crippen LogP contribution >= 0.6 is 0 Å². The van der Waals surface area contributed by atoms with Crippen molar-refractivity contribution >= 4 is 34.4 Å². The predicted octanol–water partition coefficient (Wildman–Crippen LogP) is 4.26. The van der Waals surface area contributed by atoms with Crippen LogP contribution in [-0.2, 0) is 6.18 Å². The van der Waals surface area contributed by atoms with E-state index in [0.717, 1.165) is 12.1 Å². The molecule has 2 amide bonds. The quantitative estimate of drug-likeness (QED) is 0.400. The number of carbonyl (C=O) groups excluding carboxylic acids is 1. The van der Waals surface area contributed by atoms with E-state index in [-0.39, 0.29) is 11.6 Å². The highest BCUT2D eigenvalue weighted by Gasteiger charge is 2.30. The van der Waals surface area contributed by atoms with E-state index < -0.39 is 17.8 Å². The van der Waals surface area contributed by atoms with Gasteiger partial charge in [-0.3, -0.25) is 0 Å². The predicted molar refractivity (Wildman–Crippen MR) is 106 cm³/mol. The summed E-state index contributed by atoms with van der Waals surface area (Å²) in [7, 11) is 0. The lowest BCUT2D eigenvalue weighted by Crippen LogP contribution is -2.19. The van der Waals surface area contributed by atoms with Crippen molar-refractivity contribution in [3.63, 3.8) is 0 Å². The molecule has 8 nitrogen and oxygen atoms in total. The molecule has 4 aromatic rings. The van der Waals surface area contributed by atoms with Crippen molar-refractivity contribution in [1.82, 2.24) is 19.9 Å². The molecule has 4 rings (SSSR count). The number of amides is 2. The Hall–Kier alpha value is -4.15. The van der Waals surface area contributed by atoms with Gasteiger partial charge in [-0.05, 0) is 30.3 Å². The lowest BCUT2D eigenvalue weighted by Gasteiger charge is -2.09. The number of aromatic amines is 1. The molecular formula is C19H14F3N7O. The third-order valence-corrected chi connectivity index (χ3v) is 4.25. The Kier molecular flexibility index (Phi) is 4.70. The standard InChI is InChI=1S/C19H14F3N7O/c20-19(21,22)12-1-3-13(4-2-12)28-18(30)29-15-9-25-16-14(15)5-10(6-24-16)11-7-26-17(23)27-8-11/h1-9H,(H,24,25)(H2,23,26,27)(H2,28,29,30). The molecule has 0 aliphatic heterocycles. The Morgan fingerprint density at radius 1 is 0.967 bits per heavy atom. The Balaban J connectivity index is 1.52. The molecule has 1 aromatic carbocycles. The Morgan fingerprint density at radius 3 is 2.30 bits per heavy atom. The number of benzene rings is 1. The molecule has 0 fully saturated rings. The zero-order valence-electron chi connectivity index (χ0n) is 15.2. The van der Waals surface area contributed by atoms with Crippen LogP contribution < -0.4 is 16.4 Å². The number of carbonyl (C=O) groups is 1. The molecule has 0 spiro atoms. The Labute approximate surface area is 167 Å². The van der Waals surface area contributed by atoms with Crippen molar-refractivity contribution < 1.29 is 18.0 Å². The SMILES string of the molecule is Nc1ncc(-c2cnc3[nH]cc(NC(=O)Nc4ccc(C(F)(F)F)cc4)c3c2)cn1. The number of aromatic nitrogens is 4. The number of alkyl halides is 3. The molecule has 0 saturated heterocycles. The number of urea groups is 1. The van der Waals surface area contributed by atoms with E-state index >= 15 is 0 Å². The number of nitrogens with zero attached hydrogens (tertiary/aromatic N) is 3. The fourth-order valence-electron chi connectivity index (χ4n) is 2.78. The number of anilines is 3. The molecular weight excluding hydrogens is 399 g/mol. The molecule has 30 heavy (non-hydrogen) atoms. The molecule has 11 heteroatoms. The zero-order valence-corrected chi connectivity index (χ0v) is 15.2. The van der Waals surface area contributed by atoms with Crippen molar-refractivity contribution in [2.24, 2.45) is 0 Å². The van der Waals surface area contributed by atoms with Gasteiger partial charge in [0, 0.05) is 47.0 Å². The summed E-state index contributed by atoms with van der Waals surface area (Å²) < 4.78 is 37.9. The number of nitrogens with one attached hydrogen (secondary N) is 3. The highest BCUT2D eigenvalue weighted by molar-refractivity contribution is 6.05. The molecule has 5 N–H and O–H groups in total. The van der Waals surface area contributed by atoms with Crippen LogP contribution in [0.1, 0.15) is 5.56 Å². The van der Waals surface area contributed by atoms with E-state index in [9.17, 15) is 18.0 Å². The maximum absolute atomic E-state index is 12.6. The van der Waals surface area contributed by atoms with E-state index in [1.807, 2.05) is 0 Å². The number of H-pyrrole nitrogens is 1. The fraction of sp³-hybridized carbons (Fsp3) is 0.0526. The van der Waals surface area contributed by atoms with Gasteiger partial charge in [-0.15, -0.1) is 0 Å². The second-order valence-corrected chi connectivity index (χ2v) is 6.31. The van der Waals surface area contributed by atoms with Crippen LogP contribution in [0.2, 0.25) is 0 Å². The summed E-state index contributed by atoms with van der Waals surface area (Å²) in [5.74, 6) is 0.150. The number of nitrogen functional groups attached to an aromatic ring is 1. The summed E-state index contributed by atoms with van der Waals surface area (Å²) in [4.78, 5) is 27.4. The minimum Gasteiger partial charge on any atom is -0.368 e. The Bertz CT molecular complexity index is 1200. The van der Waals surface area contributed by atoms with Gasteiger partial charge in [0.15, 0.2) is 0 Å². The van der Waals surface area contributed by atoms with Crippen molar-refractivity contribution in [3.8, 4) is 11.1 Å². The highest BCUT2D eigenvalue weighted by Crippen LogP contribution is 2.30. The maximum atomic E-state index is 12.6. The van der Waals surface area contributed by atoms with Gasteiger partial charge in [0.25, 0.3) is 0 Å². The van der Waals surface area contributed by atoms with Crippen LogP contribution in [0.25, 0.3) is 22.2 Å². The number of nitrogens with two attached hydrogens (primary N) is 1. The van der Waals surface area contributed by atoms with Crippen LogP contribution in [0.4, 0.5) is 35.3 Å². The minimum atomic E-state index is -4.44. The number of hydrogen-bond donors (Lipinski definition) is 4. The second kappa shape index (κ2) is 7.35. The van der Waals surface area contributed by atoms with E-state index in [1.165, 1.54) is 12.1 Å². The molecule has 0 aliphatic carbocycles. The van der Waals surface area contributed by atoms with Gasteiger partial charge in [-0.2, -0.15) is 13.2 Å². The minimum absolute atomic E-state index is 0.150. The van der Waals surface area contributed by atoms with Crippen molar-refractivity contribution in [2.45, 2.75) is 6.18 Å². The van der Waals surface area contributed by atoms with Gasteiger partial charge in [0.05, 0.1) is 11.3 Å². The van der Waals surface area contributed by atoms with E-state index in [0.29, 0.717) is 27.8 Å². The first-order chi connectivity index (χ1) is 14.3. The summed E-state index contributed by atoms with van der Waals surface area (Å²) in [5, 5.41) is 5.77. The normalized spacial score (nSPS) is 11.4. The summed E-state index contributed by atoms with van der Waals surface area (Å²) in [5.41, 5.74) is 7.32. The molecule has 0 bridgehead atoms. The van der Waals surface area contributed by atoms with E-state index in [4.69, 9.17) is 5.73 Å². The number of fused-ring (bicyclic) bond motifs is 1. The largest absolute Gasteiger partial charge is 0.416 e. The van der Waals surface area contributed by atoms with Crippen LogP contribution in [0.15, 0.2) is 55.1 Å². The number of pyridine rings is 1. The van der Waals surface area contributed by atoms with Gasteiger partial charge in [-0.1, -0.05) is 0 Å². The molecule has 0 saturated carbocycles. The molecule has 3 heterocycles. The van der Waals surface area contributed by atoms with Crippen LogP contribution in [0.3, 0.4) is 0 Å². The van der Waals surface area contributed by atoms with Gasteiger partial charge >= 0.3 is 12.2 Å². The average Bonchev–Trinajstić information content (AvgIpc) is 3.10. The summed E-state index contributed by atoms with van der Waals surface area (Å²) in [6, 6.07) is 5.33. The van der Waals surface area contributed by atoms with E-state index in [1.54, 1.807) is 30.9 Å². The van der Waals surface area contributed by atoms with Gasteiger partial charge in [-0.25, -0.2) is 19.7 Å². The number of halogens is 3. The van der Waals surface area contributed by atoms with Crippen molar-refractivity contribution in [2.75, 3.05) is 16.4 Å². The van der Waals surface area contributed by atoms with Crippen molar-refractivity contribution in [3.05, 3.63) is 60.7 Å². The summed E-state index contributed by atoms with van der Waals surface area (Å²) >= 11 is 0. The molecule has 152 valence electrons. The van der Waals surface area contributed by atoms with Crippen molar-refractivity contribution in [1.29, 1.82) is 0 Å². The summed E-state index contributed by atoms with van der Waals surface area (Å²) in [6.07, 6.45) is 1.86. The van der Waals surface area contributed by atoms with Crippen LogP contribution in [0.5, 0.6) is 0 Å². The lowest BCUT2D eigenvalue weighted by molar-refractivity contribution is -0.137. The monoisotopic (exact) mass is 413 g/mol.